The molecule has 1 saturated heterocycles. The molecule has 1 fully saturated rings. The fourth-order valence-electron chi connectivity index (χ4n) is 5.64. The largest absolute Gasteiger partial charge is 0.494 e. The minimum Gasteiger partial charge on any atom is -0.494 e. The van der Waals surface area contributed by atoms with E-state index in [4.69, 9.17) is 4.74 Å². The van der Waals surface area contributed by atoms with Gasteiger partial charge in [0.25, 0.3) is 5.91 Å². The van der Waals surface area contributed by atoms with Crippen molar-refractivity contribution in [1.82, 2.24) is 19.7 Å². The molecule has 170 valence electrons. The van der Waals surface area contributed by atoms with Gasteiger partial charge in [-0.05, 0) is 57.4 Å². The number of urea groups is 1. The summed E-state index contributed by atoms with van der Waals surface area (Å²) < 4.78 is 5.70. The SMILES string of the molecule is CCOc1ccc2[nH]c3c(c2c1)C[C@@]1(C)C(=O)N(CCCN2CC=CCC2)C(=O)N1[C@@H]3C. The standard InChI is InChI=1S/C25H32N4O3/c1-4-32-18-9-10-21-19(15-18)20-16-25(3)23(30)28(14-8-13-27-11-6-5-7-12-27)24(31)29(25)17(2)22(20)26-21/h5-6,9-10,15,17,26H,4,7-8,11-14,16H2,1-3H3/t17-,25+/m1/s1. The first-order chi connectivity index (χ1) is 15.4. The predicted octanol–water partition coefficient (Wildman–Crippen LogP) is 3.86. The summed E-state index contributed by atoms with van der Waals surface area (Å²) in [6.07, 6.45) is 6.78. The Kier molecular flexibility index (Phi) is 5.24. The molecule has 4 heterocycles. The maximum Gasteiger partial charge on any atom is 0.328 e. The number of nitrogens with one attached hydrogen (secondary N) is 1. The number of ether oxygens (including phenoxy) is 1. The lowest BCUT2D eigenvalue weighted by Crippen LogP contribution is -2.52. The number of imide groups is 1. The summed E-state index contributed by atoms with van der Waals surface area (Å²) in [5.41, 5.74) is 2.31. The Balaban J connectivity index is 1.39. The van der Waals surface area contributed by atoms with E-state index in [1.165, 1.54) is 4.90 Å². The molecule has 2 aromatic rings. The number of amides is 3. The average Bonchev–Trinajstić information content (AvgIpc) is 3.23. The average molecular weight is 437 g/mol. The molecule has 0 bridgehead atoms. The lowest BCUT2D eigenvalue weighted by molar-refractivity contribution is -0.133. The molecule has 0 spiro atoms. The van der Waals surface area contributed by atoms with E-state index in [1.54, 1.807) is 4.90 Å². The zero-order chi connectivity index (χ0) is 22.5. The Bertz CT molecular complexity index is 1090. The molecule has 0 unspecified atom stereocenters. The fourth-order valence-corrected chi connectivity index (χ4v) is 5.64. The van der Waals surface area contributed by atoms with Crippen LogP contribution in [0.25, 0.3) is 10.9 Å². The number of nitrogens with zero attached hydrogens (tertiary/aromatic N) is 3. The molecular formula is C25H32N4O3. The van der Waals surface area contributed by atoms with Crippen LogP contribution < -0.4 is 4.74 Å². The van der Waals surface area contributed by atoms with Crippen LogP contribution in [0.2, 0.25) is 0 Å². The van der Waals surface area contributed by atoms with E-state index >= 15 is 0 Å². The van der Waals surface area contributed by atoms with Crippen molar-refractivity contribution in [2.24, 2.45) is 0 Å². The monoisotopic (exact) mass is 436 g/mol. The predicted molar refractivity (Wildman–Crippen MR) is 124 cm³/mol. The molecule has 3 amide bonds. The molecule has 5 rings (SSSR count). The maximum atomic E-state index is 13.5. The summed E-state index contributed by atoms with van der Waals surface area (Å²) in [5, 5.41) is 1.08. The minimum atomic E-state index is -0.853. The van der Waals surface area contributed by atoms with Gasteiger partial charge in [-0.1, -0.05) is 12.2 Å². The number of rotatable bonds is 6. The third kappa shape index (κ3) is 3.22. The minimum absolute atomic E-state index is 0.0751. The fraction of sp³-hybridized carbons (Fsp3) is 0.520. The van der Waals surface area contributed by atoms with Crippen LogP contribution >= 0.6 is 0 Å². The van der Waals surface area contributed by atoms with Crippen LogP contribution in [0.1, 0.15) is 50.9 Å². The number of hydrogen-bond acceptors (Lipinski definition) is 4. The van der Waals surface area contributed by atoms with Crippen LogP contribution in [0.5, 0.6) is 5.75 Å². The number of aromatic nitrogens is 1. The highest BCUT2D eigenvalue weighted by atomic mass is 16.5. The number of fused-ring (bicyclic) bond motifs is 4. The second-order valence-electron chi connectivity index (χ2n) is 9.31. The normalized spacial score (nSPS) is 25.5. The molecule has 3 aliphatic rings. The van der Waals surface area contributed by atoms with E-state index in [-0.39, 0.29) is 18.0 Å². The second-order valence-corrected chi connectivity index (χ2v) is 9.31. The summed E-state index contributed by atoms with van der Waals surface area (Å²) >= 11 is 0. The van der Waals surface area contributed by atoms with Gasteiger partial charge >= 0.3 is 6.03 Å². The molecule has 2 atom stereocenters. The molecular weight excluding hydrogens is 404 g/mol. The molecule has 0 aliphatic carbocycles. The summed E-state index contributed by atoms with van der Waals surface area (Å²) in [6, 6.07) is 5.66. The highest BCUT2D eigenvalue weighted by Gasteiger charge is 2.58. The van der Waals surface area contributed by atoms with E-state index in [0.717, 1.165) is 60.4 Å². The topological polar surface area (TPSA) is 68.9 Å². The van der Waals surface area contributed by atoms with Gasteiger partial charge in [-0.15, -0.1) is 0 Å². The van der Waals surface area contributed by atoms with Gasteiger partial charge in [0.1, 0.15) is 11.3 Å². The van der Waals surface area contributed by atoms with E-state index in [1.807, 2.05) is 39.0 Å². The van der Waals surface area contributed by atoms with Crippen molar-refractivity contribution in [1.29, 1.82) is 0 Å². The van der Waals surface area contributed by atoms with Crippen molar-refractivity contribution in [3.05, 3.63) is 41.6 Å². The molecule has 1 aromatic heterocycles. The Morgan fingerprint density at radius 2 is 2.06 bits per heavy atom. The molecule has 7 heteroatoms. The number of H-pyrrole nitrogens is 1. The highest BCUT2D eigenvalue weighted by Crippen LogP contribution is 2.46. The lowest BCUT2D eigenvalue weighted by atomic mass is 9.83. The molecule has 7 nitrogen and oxygen atoms in total. The van der Waals surface area contributed by atoms with E-state index < -0.39 is 5.54 Å². The van der Waals surface area contributed by atoms with Crippen molar-refractivity contribution < 1.29 is 14.3 Å². The quantitative estimate of drug-likeness (QED) is 0.552. The summed E-state index contributed by atoms with van der Waals surface area (Å²) in [5.74, 6) is 0.749. The van der Waals surface area contributed by atoms with Crippen LogP contribution in [0.4, 0.5) is 4.79 Å². The molecule has 0 saturated carbocycles. The van der Waals surface area contributed by atoms with Crippen molar-refractivity contribution in [2.75, 3.05) is 32.8 Å². The zero-order valence-corrected chi connectivity index (χ0v) is 19.2. The van der Waals surface area contributed by atoms with Crippen LogP contribution in [-0.2, 0) is 11.2 Å². The Morgan fingerprint density at radius 3 is 2.81 bits per heavy atom. The van der Waals surface area contributed by atoms with Gasteiger partial charge in [0.15, 0.2) is 0 Å². The molecule has 0 radical (unpaired) electrons. The van der Waals surface area contributed by atoms with Gasteiger partial charge in [0.05, 0.1) is 12.6 Å². The summed E-state index contributed by atoms with van der Waals surface area (Å²) in [4.78, 5) is 36.1. The van der Waals surface area contributed by atoms with E-state index in [0.29, 0.717) is 19.6 Å². The molecule has 1 N–H and O–H groups in total. The third-order valence-corrected chi connectivity index (χ3v) is 7.22. The number of hydrogen-bond donors (Lipinski definition) is 1. The Hall–Kier alpha value is -2.80. The maximum absolute atomic E-state index is 13.5. The first-order valence-electron chi connectivity index (χ1n) is 11.7. The van der Waals surface area contributed by atoms with Crippen LogP contribution in [0.3, 0.4) is 0 Å². The first-order valence-corrected chi connectivity index (χ1v) is 11.7. The Morgan fingerprint density at radius 1 is 1.22 bits per heavy atom. The highest BCUT2D eigenvalue weighted by molar-refractivity contribution is 6.08. The molecule has 32 heavy (non-hydrogen) atoms. The van der Waals surface area contributed by atoms with E-state index in [2.05, 4.69) is 22.0 Å². The number of benzene rings is 1. The number of carbonyl (C=O) groups excluding carboxylic acids is 2. The first kappa shape index (κ1) is 21.1. The van der Waals surface area contributed by atoms with E-state index in [9.17, 15) is 9.59 Å². The Labute approximate surface area is 189 Å². The van der Waals surface area contributed by atoms with Crippen molar-refractivity contribution in [2.45, 2.75) is 51.6 Å². The summed E-state index contributed by atoms with van der Waals surface area (Å²) in [7, 11) is 0. The van der Waals surface area contributed by atoms with Gasteiger partial charge in [0, 0.05) is 49.2 Å². The smallest absolute Gasteiger partial charge is 0.328 e. The molecule has 1 aromatic carbocycles. The van der Waals surface area contributed by atoms with Gasteiger partial charge in [-0.25, -0.2) is 4.79 Å². The lowest BCUT2D eigenvalue weighted by Gasteiger charge is -2.40. The van der Waals surface area contributed by atoms with Gasteiger partial charge in [-0.3, -0.25) is 14.6 Å². The van der Waals surface area contributed by atoms with Gasteiger partial charge < -0.3 is 14.6 Å². The zero-order valence-electron chi connectivity index (χ0n) is 19.2. The van der Waals surface area contributed by atoms with Crippen LogP contribution in [-0.4, -0.2) is 69.9 Å². The summed E-state index contributed by atoms with van der Waals surface area (Å²) in [6.45, 7) is 9.89. The van der Waals surface area contributed by atoms with Crippen molar-refractivity contribution in [3.8, 4) is 5.75 Å². The second kappa shape index (κ2) is 7.96. The van der Waals surface area contributed by atoms with Crippen LogP contribution in [0.15, 0.2) is 30.4 Å². The van der Waals surface area contributed by atoms with Gasteiger partial charge in [-0.2, -0.15) is 0 Å². The van der Waals surface area contributed by atoms with Crippen molar-refractivity contribution in [3.63, 3.8) is 0 Å². The number of carbonyl (C=O) groups is 2. The molecule has 3 aliphatic heterocycles. The third-order valence-electron chi connectivity index (χ3n) is 7.22. The number of aromatic amines is 1. The van der Waals surface area contributed by atoms with Gasteiger partial charge in [0.2, 0.25) is 0 Å². The van der Waals surface area contributed by atoms with Crippen molar-refractivity contribution >= 4 is 22.8 Å². The van der Waals surface area contributed by atoms with Crippen LogP contribution in [0, 0.1) is 0 Å².